The first-order chi connectivity index (χ1) is 8.00. The molecule has 0 saturated heterocycles. The second kappa shape index (κ2) is 4.13. The summed E-state index contributed by atoms with van der Waals surface area (Å²) in [6, 6.07) is 9.01. The van der Waals surface area contributed by atoms with E-state index in [1.807, 2.05) is 39.0 Å². The fourth-order valence-corrected chi connectivity index (χ4v) is 2.25. The average Bonchev–Trinajstić information content (AvgIpc) is 2.29. The molecule has 0 aliphatic carbocycles. The third kappa shape index (κ3) is 1.98. The summed E-state index contributed by atoms with van der Waals surface area (Å²) in [5, 5.41) is 19.3. The Hall–Kier alpha value is -1.96. The third-order valence-corrected chi connectivity index (χ3v) is 3.09. The van der Waals surface area contributed by atoms with Crippen molar-refractivity contribution >= 4 is 0 Å². The monoisotopic (exact) mass is 228 g/mol. The molecular weight excluding hydrogens is 212 g/mol. The fourth-order valence-electron chi connectivity index (χ4n) is 2.25. The molecule has 0 amide bonds. The summed E-state index contributed by atoms with van der Waals surface area (Å²) in [6.07, 6.45) is 0. The zero-order valence-electron chi connectivity index (χ0n) is 10.3. The largest absolute Gasteiger partial charge is 0.508 e. The average molecular weight is 228 g/mol. The van der Waals surface area contributed by atoms with Gasteiger partial charge in [0.1, 0.15) is 11.5 Å². The molecule has 0 aliphatic rings. The number of aromatic hydroxyl groups is 2. The number of hydrogen-bond donors (Lipinski definition) is 2. The van der Waals surface area contributed by atoms with Crippen LogP contribution in [0.3, 0.4) is 0 Å². The summed E-state index contributed by atoms with van der Waals surface area (Å²) in [5.41, 5.74) is 4.94. The van der Waals surface area contributed by atoms with Crippen molar-refractivity contribution in [3.05, 3.63) is 47.0 Å². The minimum Gasteiger partial charge on any atom is -0.508 e. The maximum Gasteiger partial charge on any atom is 0.122 e. The molecule has 2 aromatic rings. The van der Waals surface area contributed by atoms with Crippen LogP contribution in [-0.4, -0.2) is 10.2 Å². The Kier molecular flexibility index (Phi) is 2.80. The minimum absolute atomic E-state index is 0.250. The van der Waals surface area contributed by atoms with E-state index in [9.17, 15) is 10.2 Å². The highest BCUT2D eigenvalue weighted by atomic mass is 16.3. The van der Waals surface area contributed by atoms with E-state index < -0.39 is 0 Å². The van der Waals surface area contributed by atoms with Gasteiger partial charge in [-0.2, -0.15) is 0 Å². The lowest BCUT2D eigenvalue weighted by Crippen LogP contribution is -1.91. The predicted octanol–water partition coefficient (Wildman–Crippen LogP) is 3.69. The van der Waals surface area contributed by atoms with Crippen LogP contribution in [0.2, 0.25) is 0 Å². The van der Waals surface area contributed by atoms with E-state index in [-0.39, 0.29) is 5.75 Å². The Morgan fingerprint density at radius 2 is 1.41 bits per heavy atom. The number of benzene rings is 2. The Bertz CT molecular complexity index is 554. The van der Waals surface area contributed by atoms with Crippen LogP contribution in [0.15, 0.2) is 30.3 Å². The second-order valence-electron chi connectivity index (χ2n) is 4.41. The van der Waals surface area contributed by atoms with E-state index in [0.717, 1.165) is 27.8 Å². The van der Waals surface area contributed by atoms with Crippen molar-refractivity contribution in [1.82, 2.24) is 0 Å². The van der Waals surface area contributed by atoms with Gasteiger partial charge < -0.3 is 10.2 Å². The van der Waals surface area contributed by atoms with Crippen LogP contribution in [0.5, 0.6) is 11.5 Å². The maximum absolute atomic E-state index is 9.98. The Labute approximate surface area is 101 Å². The van der Waals surface area contributed by atoms with Crippen LogP contribution in [-0.2, 0) is 0 Å². The first kappa shape index (κ1) is 11.5. The third-order valence-electron chi connectivity index (χ3n) is 3.09. The maximum atomic E-state index is 9.98. The van der Waals surface area contributed by atoms with Gasteiger partial charge in [-0.3, -0.25) is 0 Å². The molecule has 0 aromatic heterocycles. The number of phenols is 2. The minimum atomic E-state index is 0.250. The molecule has 2 nitrogen and oxygen atoms in total. The SMILES string of the molecule is Cc1cc(C)c(-c2ccc(O)cc2)c(C)c1O. The van der Waals surface area contributed by atoms with Gasteiger partial charge in [0.05, 0.1) is 0 Å². The molecule has 0 bridgehead atoms. The van der Waals surface area contributed by atoms with Crippen molar-refractivity contribution < 1.29 is 10.2 Å². The molecular formula is C15H16O2. The lowest BCUT2D eigenvalue weighted by molar-refractivity contribution is 0.467. The van der Waals surface area contributed by atoms with Crippen LogP contribution in [0, 0.1) is 20.8 Å². The smallest absolute Gasteiger partial charge is 0.122 e. The summed E-state index contributed by atoms with van der Waals surface area (Å²) >= 11 is 0. The van der Waals surface area contributed by atoms with Crippen LogP contribution in [0.1, 0.15) is 16.7 Å². The van der Waals surface area contributed by atoms with E-state index in [1.54, 1.807) is 12.1 Å². The first-order valence-corrected chi connectivity index (χ1v) is 5.60. The van der Waals surface area contributed by atoms with E-state index in [1.165, 1.54) is 0 Å². The Balaban J connectivity index is 2.67. The second-order valence-corrected chi connectivity index (χ2v) is 4.41. The highest BCUT2D eigenvalue weighted by Gasteiger charge is 2.11. The number of rotatable bonds is 1. The summed E-state index contributed by atoms with van der Waals surface area (Å²) in [6.45, 7) is 5.84. The quantitative estimate of drug-likeness (QED) is 0.781. The molecule has 0 unspecified atom stereocenters. The molecule has 0 heterocycles. The standard InChI is InChI=1S/C15H16O2/c1-9-8-10(2)15(17)11(3)14(9)12-4-6-13(16)7-5-12/h4-8,16-17H,1-3H3. The molecule has 17 heavy (non-hydrogen) atoms. The van der Waals surface area contributed by atoms with Gasteiger partial charge >= 0.3 is 0 Å². The zero-order valence-corrected chi connectivity index (χ0v) is 10.3. The van der Waals surface area contributed by atoms with Gasteiger partial charge in [-0.15, -0.1) is 0 Å². The lowest BCUT2D eigenvalue weighted by atomic mass is 9.93. The molecule has 0 saturated carbocycles. The van der Waals surface area contributed by atoms with Gasteiger partial charge in [-0.05, 0) is 60.7 Å². The van der Waals surface area contributed by atoms with Gasteiger partial charge in [0.15, 0.2) is 0 Å². The van der Waals surface area contributed by atoms with Gasteiger partial charge in [0, 0.05) is 0 Å². The summed E-state index contributed by atoms with van der Waals surface area (Å²) in [7, 11) is 0. The molecule has 2 heteroatoms. The Morgan fingerprint density at radius 1 is 0.824 bits per heavy atom. The van der Waals surface area contributed by atoms with E-state index in [4.69, 9.17) is 0 Å². The van der Waals surface area contributed by atoms with Crippen molar-refractivity contribution in [3.8, 4) is 22.6 Å². The summed E-state index contributed by atoms with van der Waals surface area (Å²) in [5.74, 6) is 0.596. The van der Waals surface area contributed by atoms with Gasteiger partial charge in [-0.25, -0.2) is 0 Å². The molecule has 2 aromatic carbocycles. The number of hydrogen-bond acceptors (Lipinski definition) is 2. The fraction of sp³-hybridized carbons (Fsp3) is 0.200. The molecule has 0 fully saturated rings. The van der Waals surface area contributed by atoms with Crippen molar-refractivity contribution in [2.45, 2.75) is 20.8 Å². The van der Waals surface area contributed by atoms with Gasteiger partial charge in [0.2, 0.25) is 0 Å². The van der Waals surface area contributed by atoms with Crippen molar-refractivity contribution in [1.29, 1.82) is 0 Å². The number of aryl methyl sites for hydroxylation is 2. The van der Waals surface area contributed by atoms with Crippen LogP contribution < -0.4 is 0 Å². The predicted molar refractivity (Wildman–Crippen MR) is 69.4 cm³/mol. The number of phenolic OH excluding ortho intramolecular Hbond substituents is 2. The normalized spacial score (nSPS) is 10.5. The first-order valence-electron chi connectivity index (χ1n) is 5.60. The lowest BCUT2D eigenvalue weighted by Gasteiger charge is -2.14. The molecule has 2 rings (SSSR count). The molecule has 0 radical (unpaired) electrons. The molecule has 0 spiro atoms. The van der Waals surface area contributed by atoms with Gasteiger partial charge in [-0.1, -0.05) is 18.2 Å². The zero-order chi connectivity index (χ0) is 12.6. The van der Waals surface area contributed by atoms with E-state index in [2.05, 4.69) is 0 Å². The summed E-state index contributed by atoms with van der Waals surface area (Å²) < 4.78 is 0. The van der Waals surface area contributed by atoms with Crippen LogP contribution >= 0.6 is 0 Å². The van der Waals surface area contributed by atoms with Crippen molar-refractivity contribution in [2.24, 2.45) is 0 Å². The van der Waals surface area contributed by atoms with E-state index in [0.29, 0.717) is 5.75 Å². The van der Waals surface area contributed by atoms with Crippen LogP contribution in [0.4, 0.5) is 0 Å². The highest BCUT2D eigenvalue weighted by molar-refractivity contribution is 5.74. The molecule has 88 valence electrons. The van der Waals surface area contributed by atoms with Crippen molar-refractivity contribution in [3.63, 3.8) is 0 Å². The van der Waals surface area contributed by atoms with Crippen molar-refractivity contribution in [2.75, 3.05) is 0 Å². The molecule has 2 N–H and O–H groups in total. The highest BCUT2D eigenvalue weighted by Crippen LogP contribution is 2.35. The molecule has 0 aliphatic heterocycles. The van der Waals surface area contributed by atoms with E-state index >= 15 is 0 Å². The summed E-state index contributed by atoms with van der Waals surface area (Å²) in [4.78, 5) is 0. The molecule has 0 atom stereocenters. The van der Waals surface area contributed by atoms with Crippen LogP contribution in [0.25, 0.3) is 11.1 Å². The van der Waals surface area contributed by atoms with Gasteiger partial charge in [0.25, 0.3) is 0 Å². The topological polar surface area (TPSA) is 40.5 Å². The Morgan fingerprint density at radius 3 is 2.00 bits per heavy atom.